The van der Waals surface area contributed by atoms with Gasteiger partial charge in [-0.25, -0.2) is 0 Å². The number of carbonyl (C=O) groups is 1. The van der Waals surface area contributed by atoms with Crippen LogP contribution in [0.15, 0.2) is 12.3 Å². The lowest BCUT2D eigenvalue weighted by molar-refractivity contribution is -0.115. The van der Waals surface area contributed by atoms with E-state index in [1.807, 2.05) is 12.3 Å². The molecule has 0 fully saturated rings. The minimum absolute atomic E-state index is 0.808. The number of nitrogens with zero attached hydrogens (tertiary/aromatic N) is 1. The van der Waals surface area contributed by atoms with Crippen LogP contribution in [0.5, 0.6) is 0 Å². The molecule has 0 aromatic heterocycles. The fraction of sp³-hybridized carbons (Fsp3) is 0.700. The van der Waals surface area contributed by atoms with E-state index in [2.05, 4.69) is 6.92 Å². The number of carbonyl (C=O) groups excluding carboxylic acids is 1. The molecule has 0 N–H and O–H groups in total. The van der Waals surface area contributed by atoms with E-state index in [0.29, 0.717) is 0 Å². The Balaban J connectivity index is 3.18. The van der Waals surface area contributed by atoms with E-state index < -0.39 is 0 Å². The van der Waals surface area contributed by atoms with Crippen LogP contribution < -0.4 is 0 Å². The second kappa shape index (κ2) is 8.31. The smallest absolute Gasteiger partial charge is 0.213 e. The normalized spacial score (nSPS) is 10.5. The first-order chi connectivity index (χ1) is 5.81. The molecule has 2 nitrogen and oxygen atoms in total. The second-order valence-electron chi connectivity index (χ2n) is 3.00. The SMILES string of the molecule is CCCCCC/C=C\N(C)C=O. The van der Waals surface area contributed by atoms with Crippen molar-refractivity contribution in [2.75, 3.05) is 7.05 Å². The van der Waals surface area contributed by atoms with Crippen molar-refractivity contribution in [1.82, 2.24) is 4.90 Å². The predicted molar refractivity (Wildman–Crippen MR) is 51.7 cm³/mol. The van der Waals surface area contributed by atoms with Crippen LogP contribution >= 0.6 is 0 Å². The zero-order valence-corrected chi connectivity index (χ0v) is 8.12. The van der Waals surface area contributed by atoms with Gasteiger partial charge in [-0.15, -0.1) is 0 Å². The zero-order valence-electron chi connectivity index (χ0n) is 8.12. The third-order valence-electron chi connectivity index (χ3n) is 1.73. The Hall–Kier alpha value is -0.790. The van der Waals surface area contributed by atoms with Gasteiger partial charge in [0.1, 0.15) is 0 Å². The Morgan fingerprint density at radius 2 is 2.00 bits per heavy atom. The highest BCUT2D eigenvalue weighted by molar-refractivity contribution is 5.48. The van der Waals surface area contributed by atoms with Gasteiger partial charge in [-0.05, 0) is 12.8 Å². The van der Waals surface area contributed by atoms with Crippen molar-refractivity contribution >= 4 is 6.41 Å². The molecule has 0 aliphatic rings. The minimum Gasteiger partial charge on any atom is -0.325 e. The maximum atomic E-state index is 10.1. The number of rotatable bonds is 7. The minimum atomic E-state index is 0.808. The molecule has 2 heteroatoms. The molecule has 0 unspecified atom stereocenters. The zero-order chi connectivity index (χ0) is 9.23. The van der Waals surface area contributed by atoms with E-state index in [1.54, 1.807) is 7.05 Å². The summed E-state index contributed by atoms with van der Waals surface area (Å²) in [4.78, 5) is 11.7. The third-order valence-corrected chi connectivity index (χ3v) is 1.73. The second-order valence-corrected chi connectivity index (χ2v) is 3.00. The van der Waals surface area contributed by atoms with Crippen molar-refractivity contribution in [3.8, 4) is 0 Å². The number of unbranched alkanes of at least 4 members (excludes halogenated alkanes) is 4. The van der Waals surface area contributed by atoms with Gasteiger partial charge in [0.25, 0.3) is 0 Å². The molecule has 0 bridgehead atoms. The van der Waals surface area contributed by atoms with E-state index in [4.69, 9.17) is 0 Å². The predicted octanol–water partition coefficient (Wildman–Crippen LogP) is 2.56. The van der Waals surface area contributed by atoms with Gasteiger partial charge in [-0.3, -0.25) is 4.79 Å². The fourth-order valence-electron chi connectivity index (χ4n) is 0.965. The Morgan fingerprint density at radius 3 is 2.58 bits per heavy atom. The summed E-state index contributed by atoms with van der Waals surface area (Å²) in [6.45, 7) is 2.20. The van der Waals surface area contributed by atoms with Crippen LogP contribution in [0.2, 0.25) is 0 Å². The highest BCUT2D eigenvalue weighted by Gasteiger charge is 1.85. The molecule has 0 saturated heterocycles. The van der Waals surface area contributed by atoms with Crippen LogP contribution in [0.25, 0.3) is 0 Å². The summed E-state index contributed by atoms with van der Waals surface area (Å²) in [6, 6.07) is 0. The summed E-state index contributed by atoms with van der Waals surface area (Å²) in [5, 5.41) is 0. The number of allylic oxidation sites excluding steroid dienone is 1. The Kier molecular flexibility index (Phi) is 7.76. The molecule has 0 radical (unpaired) electrons. The van der Waals surface area contributed by atoms with E-state index in [0.717, 1.165) is 12.8 Å². The molecule has 0 aromatic rings. The maximum Gasteiger partial charge on any atom is 0.213 e. The van der Waals surface area contributed by atoms with E-state index in [-0.39, 0.29) is 0 Å². The molecular formula is C10H19NO. The Labute approximate surface area is 75.3 Å². The highest BCUT2D eigenvalue weighted by atomic mass is 16.1. The molecule has 0 heterocycles. The van der Waals surface area contributed by atoms with Crippen molar-refractivity contribution in [2.24, 2.45) is 0 Å². The summed E-state index contributed by atoms with van der Waals surface area (Å²) >= 11 is 0. The number of hydrogen-bond acceptors (Lipinski definition) is 1. The summed E-state index contributed by atoms with van der Waals surface area (Å²) < 4.78 is 0. The van der Waals surface area contributed by atoms with Gasteiger partial charge in [-0.2, -0.15) is 0 Å². The van der Waals surface area contributed by atoms with Gasteiger partial charge in [-0.1, -0.05) is 32.3 Å². The fourth-order valence-corrected chi connectivity index (χ4v) is 0.965. The summed E-state index contributed by atoms with van der Waals surface area (Å²) in [5.41, 5.74) is 0. The van der Waals surface area contributed by atoms with E-state index in [9.17, 15) is 4.79 Å². The summed E-state index contributed by atoms with van der Waals surface area (Å²) in [6.07, 6.45) is 10.9. The Morgan fingerprint density at radius 1 is 1.25 bits per heavy atom. The first-order valence-electron chi connectivity index (χ1n) is 4.65. The molecule has 0 aliphatic carbocycles. The van der Waals surface area contributed by atoms with Gasteiger partial charge in [0.15, 0.2) is 0 Å². The van der Waals surface area contributed by atoms with Crippen LogP contribution in [0.1, 0.15) is 39.0 Å². The van der Waals surface area contributed by atoms with Crippen LogP contribution in [0, 0.1) is 0 Å². The molecule has 0 rings (SSSR count). The third kappa shape index (κ3) is 7.32. The highest BCUT2D eigenvalue weighted by Crippen LogP contribution is 2.02. The van der Waals surface area contributed by atoms with E-state index >= 15 is 0 Å². The van der Waals surface area contributed by atoms with Crippen molar-refractivity contribution in [3.63, 3.8) is 0 Å². The lowest BCUT2D eigenvalue weighted by atomic mass is 10.1. The lowest BCUT2D eigenvalue weighted by Crippen LogP contribution is -2.05. The molecule has 0 aliphatic heterocycles. The van der Waals surface area contributed by atoms with Gasteiger partial charge >= 0.3 is 0 Å². The van der Waals surface area contributed by atoms with Crippen molar-refractivity contribution in [3.05, 3.63) is 12.3 Å². The van der Waals surface area contributed by atoms with Gasteiger partial charge < -0.3 is 4.90 Å². The molecule has 1 amide bonds. The van der Waals surface area contributed by atoms with Crippen LogP contribution in [-0.2, 0) is 4.79 Å². The molecule has 12 heavy (non-hydrogen) atoms. The monoisotopic (exact) mass is 169 g/mol. The van der Waals surface area contributed by atoms with Crippen LogP contribution in [0.3, 0.4) is 0 Å². The molecule has 0 spiro atoms. The largest absolute Gasteiger partial charge is 0.325 e. The average Bonchev–Trinajstić information content (AvgIpc) is 2.10. The molecule has 0 aromatic carbocycles. The van der Waals surface area contributed by atoms with Crippen molar-refractivity contribution < 1.29 is 4.79 Å². The van der Waals surface area contributed by atoms with E-state index in [1.165, 1.54) is 30.6 Å². The van der Waals surface area contributed by atoms with Crippen molar-refractivity contribution in [1.29, 1.82) is 0 Å². The standard InChI is InChI=1S/C10H19NO/c1-3-4-5-6-7-8-9-11(2)10-12/h8-10H,3-7H2,1-2H3/b9-8-. The average molecular weight is 169 g/mol. The molecule has 0 saturated carbocycles. The summed E-state index contributed by atoms with van der Waals surface area (Å²) in [5.74, 6) is 0. The topological polar surface area (TPSA) is 20.3 Å². The molecular weight excluding hydrogens is 150 g/mol. The molecule has 0 atom stereocenters. The quantitative estimate of drug-likeness (QED) is 0.423. The Bertz CT molecular complexity index is 132. The first kappa shape index (κ1) is 11.2. The maximum absolute atomic E-state index is 10.1. The number of amides is 1. The summed E-state index contributed by atoms with van der Waals surface area (Å²) in [7, 11) is 1.75. The van der Waals surface area contributed by atoms with Crippen LogP contribution in [0.4, 0.5) is 0 Å². The van der Waals surface area contributed by atoms with Gasteiger partial charge in [0.05, 0.1) is 0 Å². The van der Waals surface area contributed by atoms with Gasteiger partial charge in [0.2, 0.25) is 6.41 Å². The van der Waals surface area contributed by atoms with Crippen molar-refractivity contribution in [2.45, 2.75) is 39.0 Å². The first-order valence-corrected chi connectivity index (χ1v) is 4.65. The molecule has 70 valence electrons. The lowest BCUT2D eigenvalue weighted by Gasteiger charge is -2.00. The number of hydrogen-bond donors (Lipinski definition) is 0. The van der Waals surface area contributed by atoms with Gasteiger partial charge in [0, 0.05) is 13.2 Å². The van der Waals surface area contributed by atoms with Crippen LogP contribution in [-0.4, -0.2) is 18.4 Å².